The topological polar surface area (TPSA) is 65.9 Å². The number of H-pyrrole nitrogens is 1. The molecule has 3 N–H and O–H groups in total. The number of aromatic nitrogens is 3. The lowest BCUT2D eigenvalue weighted by Gasteiger charge is -2.18. The second-order valence-electron chi connectivity index (χ2n) is 5.86. The third-order valence-electron chi connectivity index (χ3n) is 4.17. The molecule has 0 fully saturated rings. The number of aromatic hydroxyl groups is 1. The van der Waals surface area contributed by atoms with Crippen LogP contribution in [0.2, 0.25) is 0 Å². The standard InChI is InChI=1S/C19H18N4O/c1-23-12-13(10-21-23)19(22-14-6-8-15(24)9-7-14)17-11-20-18-5-3-2-4-16(17)18/h2-12,19-20,22,24H,1H3. The molecule has 0 aliphatic rings. The van der Waals surface area contributed by atoms with E-state index in [1.54, 1.807) is 16.8 Å². The number of rotatable bonds is 4. The van der Waals surface area contributed by atoms with Crippen LogP contribution in [0.1, 0.15) is 17.2 Å². The van der Waals surface area contributed by atoms with Crippen LogP contribution < -0.4 is 5.32 Å². The minimum atomic E-state index is -0.0422. The largest absolute Gasteiger partial charge is 0.508 e. The number of phenolic OH excluding ortho intramolecular Hbond substituents is 1. The third kappa shape index (κ3) is 2.60. The number of nitrogens with one attached hydrogen (secondary N) is 2. The van der Waals surface area contributed by atoms with Gasteiger partial charge >= 0.3 is 0 Å². The molecule has 120 valence electrons. The molecule has 4 rings (SSSR count). The summed E-state index contributed by atoms with van der Waals surface area (Å²) in [4.78, 5) is 3.33. The molecule has 0 aliphatic carbocycles. The van der Waals surface area contributed by atoms with E-state index in [-0.39, 0.29) is 11.8 Å². The number of fused-ring (bicyclic) bond motifs is 1. The van der Waals surface area contributed by atoms with Gasteiger partial charge in [-0.1, -0.05) is 18.2 Å². The molecular weight excluding hydrogens is 300 g/mol. The SMILES string of the molecule is Cn1cc(C(Nc2ccc(O)cc2)c2c[nH]c3ccccc23)cn1. The van der Waals surface area contributed by atoms with Crippen LogP contribution in [-0.2, 0) is 7.05 Å². The van der Waals surface area contributed by atoms with Crippen molar-refractivity contribution in [2.45, 2.75) is 6.04 Å². The fraction of sp³-hybridized carbons (Fsp3) is 0.105. The number of benzene rings is 2. The van der Waals surface area contributed by atoms with Crippen molar-refractivity contribution in [2.24, 2.45) is 7.05 Å². The smallest absolute Gasteiger partial charge is 0.115 e. The van der Waals surface area contributed by atoms with Crippen LogP contribution in [0.4, 0.5) is 5.69 Å². The van der Waals surface area contributed by atoms with Crippen molar-refractivity contribution in [3.63, 3.8) is 0 Å². The van der Waals surface area contributed by atoms with E-state index >= 15 is 0 Å². The summed E-state index contributed by atoms with van der Waals surface area (Å²) < 4.78 is 1.80. The lowest BCUT2D eigenvalue weighted by Crippen LogP contribution is -2.11. The van der Waals surface area contributed by atoms with Crippen LogP contribution in [0.25, 0.3) is 10.9 Å². The number of para-hydroxylation sites is 1. The van der Waals surface area contributed by atoms with Gasteiger partial charge in [-0.15, -0.1) is 0 Å². The average Bonchev–Trinajstić information content (AvgIpc) is 3.21. The van der Waals surface area contributed by atoms with Crippen LogP contribution >= 0.6 is 0 Å². The Morgan fingerprint density at radius 1 is 1.12 bits per heavy atom. The van der Waals surface area contributed by atoms with E-state index in [9.17, 15) is 5.11 Å². The van der Waals surface area contributed by atoms with Gasteiger partial charge in [0.15, 0.2) is 0 Å². The molecular formula is C19H18N4O. The fourth-order valence-electron chi connectivity index (χ4n) is 2.99. The van der Waals surface area contributed by atoms with E-state index < -0.39 is 0 Å². The Morgan fingerprint density at radius 3 is 2.67 bits per heavy atom. The molecule has 0 aliphatic heterocycles. The van der Waals surface area contributed by atoms with Gasteiger partial charge in [0.25, 0.3) is 0 Å². The Bertz CT molecular complexity index is 968. The molecule has 0 saturated heterocycles. The Labute approximate surface area is 139 Å². The maximum atomic E-state index is 9.49. The Morgan fingerprint density at radius 2 is 1.92 bits per heavy atom. The molecule has 0 amide bonds. The van der Waals surface area contributed by atoms with Gasteiger partial charge in [0.1, 0.15) is 5.75 Å². The van der Waals surface area contributed by atoms with E-state index in [0.717, 1.165) is 22.3 Å². The van der Waals surface area contributed by atoms with Crippen LogP contribution in [0.15, 0.2) is 67.1 Å². The highest BCUT2D eigenvalue weighted by molar-refractivity contribution is 5.84. The molecule has 0 spiro atoms. The highest BCUT2D eigenvalue weighted by Gasteiger charge is 2.19. The quantitative estimate of drug-likeness (QED) is 0.501. The van der Waals surface area contributed by atoms with Gasteiger partial charge in [-0.05, 0) is 30.3 Å². The first kappa shape index (κ1) is 14.4. The van der Waals surface area contributed by atoms with Crippen LogP contribution in [0.5, 0.6) is 5.75 Å². The molecule has 0 radical (unpaired) electrons. The van der Waals surface area contributed by atoms with E-state index in [0.29, 0.717) is 0 Å². The molecule has 1 atom stereocenters. The zero-order chi connectivity index (χ0) is 16.5. The molecule has 2 aromatic carbocycles. The molecule has 0 bridgehead atoms. The fourth-order valence-corrected chi connectivity index (χ4v) is 2.99. The van der Waals surface area contributed by atoms with Crippen molar-refractivity contribution in [2.75, 3.05) is 5.32 Å². The minimum Gasteiger partial charge on any atom is -0.508 e. The molecule has 2 heterocycles. The zero-order valence-corrected chi connectivity index (χ0v) is 13.3. The van der Waals surface area contributed by atoms with Gasteiger partial charge in [0, 0.05) is 47.2 Å². The van der Waals surface area contributed by atoms with E-state index in [1.807, 2.05) is 49.9 Å². The monoisotopic (exact) mass is 318 g/mol. The number of nitrogens with zero attached hydrogens (tertiary/aromatic N) is 2. The first-order valence-electron chi connectivity index (χ1n) is 7.81. The molecule has 2 aromatic heterocycles. The van der Waals surface area contributed by atoms with Crippen molar-refractivity contribution in [1.29, 1.82) is 0 Å². The lowest BCUT2D eigenvalue weighted by atomic mass is 10.0. The molecule has 24 heavy (non-hydrogen) atoms. The van der Waals surface area contributed by atoms with Crippen LogP contribution in [-0.4, -0.2) is 19.9 Å². The number of hydrogen-bond donors (Lipinski definition) is 3. The predicted octanol–water partition coefficient (Wildman–Crippen LogP) is 3.81. The van der Waals surface area contributed by atoms with Crippen molar-refractivity contribution in [1.82, 2.24) is 14.8 Å². The van der Waals surface area contributed by atoms with Gasteiger partial charge in [0.05, 0.1) is 12.2 Å². The second-order valence-corrected chi connectivity index (χ2v) is 5.86. The summed E-state index contributed by atoms with van der Waals surface area (Å²) >= 11 is 0. The summed E-state index contributed by atoms with van der Waals surface area (Å²) in [5, 5.41) is 18.5. The number of aryl methyl sites for hydroxylation is 1. The highest BCUT2D eigenvalue weighted by Crippen LogP contribution is 2.32. The zero-order valence-electron chi connectivity index (χ0n) is 13.3. The van der Waals surface area contributed by atoms with Crippen molar-refractivity contribution < 1.29 is 5.11 Å². The first-order valence-corrected chi connectivity index (χ1v) is 7.81. The molecule has 4 aromatic rings. The van der Waals surface area contributed by atoms with Gasteiger partial charge in [-0.25, -0.2) is 0 Å². The molecule has 0 saturated carbocycles. The average molecular weight is 318 g/mol. The van der Waals surface area contributed by atoms with E-state index in [2.05, 4.69) is 27.5 Å². The summed E-state index contributed by atoms with van der Waals surface area (Å²) in [5.74, 6) is 0.255. The Kier molecular flexibility index (Phi) is 3.46. The summed E-state index contributed by atoms with van der Waals surface area (Å²) in [7, 11) is 1.91. The van der Waals surface area contributed by atoms with Crippen molar-refractivity contribution in [3.8, 4) is 5.75 Å². The van der Waals surface area contributed by atoms with Crippen LogP contribution in [0.3, 0.4) is 0 Å². The minimum absolute atomic E-state index is 0.0422. The third-order valence-corrected chi connectivity index (χ3v) is 4.17. The normalized spacial score (nSPS) is 12.4. The maximum Gasteiger partial charge on any atom is 0.115 e. The number of aromatic amines is 1. The van der Waals surface area contributed by atoms with Gasteiger partial charge in [0.2, 0.25) is 0 Å². The number of hydrogen-bond acceptors (Lipinski definition) is 3. The summed E-state index contributed by atoms with van der Waals surface area (Å²) in [6.07, 6.45) is 5.93. The number of anilines is 1. The van der Waals surface area contributed by atoms with Crippen molar-refractivity contribution in [3.05, 3.63) is 78.2 Å². The van der Waals surface area contributed by atoms with Crippen molar-refractivity contribution >= 4 is 16.6 Å². The Hall–Kier alpha value is -3.21. The Balaban J connectivity index is 1.79. The van der Waals surface area contributed by atoms with E-state index in [4.69, 9.17) is 0 Å². The lowest BCUT2D eigenvalue weighted by molar-refractivity contribution is 0.475. The summed E-state index contributed by atoms with van der Waals surface area (Å²) in [6.45, 7) is 0. The van der Waals surface area contributed by atoms with Gasteiger partial charge < -0.3 is 15.4 Å². The summed E-state index contributed by atoms with van der Waals surface area (Å²) in [6, 6.07) is 15.3. The van der Waals surface area contributed by atoms with E-state index in [1.165, 1.54) is 5.39 Å². The molecule has 5 nitrogen and oxygen atoms in total. The maximum absolute atomic E-state index is 9.49. The predicted molar refractivity (Wildman–Crippen MR) is 95.1 cm³/mol. The molecule has 5 heteroatoms. The van der Waals surface area contributed by atoms with Gasteiger partial charge in [-0.3, -0.25) is 4.68 Å². The second kappa shape index (κ2) is 5.77. The van der Waals surface area contributed by atoms with Gasteiger partial charge in [-0.2, -0.15) is 5.10 Å². The first-order chi connectivity index (χ1) is 11.7. The van der Waals surface area contributed by atoms with Crippen LogP contribution in [0, 0.1) is 0 Å². The molecule has 1 unspecified atom stereocenters. The summed E-state index contributed by atoms with van der Waals surface area (Å²) in [5.41, 5.74) is 4.28. The highest BCUT2D eigenvalue weighted by atomic mass is 16.3. The number of phenols is 1.